The van der Waals surface area contributed by atoms with E-state index in [2.05, 4.69) is 48.5 Å². The lowest BCUT2D eigenvalue weighted by atomic mass is 9.88. The van der Waals surface area contributed by atoms with Crippen LogP contribution in [0.2, 0.25) is 0 Å². The molecule has 0 aliphatic heterocycles. The Balaban J connectivity index is 1.23. The van der Waals surface area contributed by atoms with E-state index in [0.29, 0.717) is 0 Å². The third-order valence-corrected chi connectivity index (χ3v) is 9.79. The Bertz CT molecular complexity index is 1090. The molecular weight excluding hydrogens is 416 g/mol. The SMILES string of the molecule is c1cc2cc(C3CCCCC3)sc2cc1Oc1ccc2cc(C3CCCCC3)sc2c1. The van der Waals surface area contributed by atoms with Crippen LogP contribution in [0, 0.1) is 0 Å². The molecule has 2 aliphatic carbocycles. The number of hydrogen-bond donors (Lipinski definition) is 0. The predicted octanol–water partition coefficient (Wildman–Crippen LogP) is 10.0. The molecule has 2 saturated carbocycles. The first-order valence-electron chi connectivity index (χ1n) is 12.1. The van der Waals surface area contributed by atoms with Crippen molar-refractivity contribution in [1.29, 1.82) is 0 Å². The maximum Gasteiger partial charge on any atom is 0.128 e. The summed E-state index contributed by atoms with van der Waals surface area (Å²) in [7, 11) is 0. The van der Waals surface area contributed by atoms with Crippen LogP contribution in [0.1, 0.15) is 85.8 Å². The maximum absolute atomic E-state index is 6.32. The zero-order chi connectivity index (χ0) is 20.6. The summed E-state index contributed by atoms with van der Waals surface area (Å²) in [4.78, 5) is 3.14. The average Bonchev–Trinajstić information content (AvgIpc) is 3.44. The van der Waals surface area contributed by atoms with Crippen molar-refractivity contribution in [3.8, 4) is 11.5 Å². The normalized spacial score (nSPS) is 18.7. The van der Waals surface area contributed by atoms with Crippen molar-refractivity contribution in [2.24, 2.45) is 0 Å². The van der Waals surface area contributed by atoms with Crippen LogP contribution in [0.3, 0.4) is 0 Å². The van der Waals surface area contributed by atoms with Gasteiger partial charge < -0.3 is 4.74 Å². The molecule has 31 heavy (non-hydrogen) atoms. The smallest absolute Gasteiger partial charge is 0.128 e. The molecule has 1 nitrogen and oxygen atoms in total. The number of rotatable bonds is 4. The van der Waals surface area contributed by atoms with Crippen molar-refractivity contribution in [2.75, 3.05) is 0 Å². The van der Waals surface area contributed by atoms with E-state index in [4.69, 9.17) is 4.74 Å². The van der Waals surface area contributed by atoms with Gasteiger partial charge in [-0.2, -0.15) is 0 Å². The highest BCUT2D eigenvalue weighted by molar-refractivity contribution is 7.19. The Morgan fingerprint density at radius 1 is 0.548 bits per heavy atom. The van der Waals surface area contributed by atoms with E-state index in [1.165, 1.54) is 84.4 Å². The Labute approximate surface area is 193 Å². The molecule has 0 spiro atoms. The first-order valence-corrected chi connectivity index (χ1v) is 13.7. The molecule has 6 rings (SSSR count). The Morgan fingerprint density at radius 2 is 1.00 bits per heavy atom. The van der Waals surface area contributed by atoms with Gasteiger partial charge in [-0.3, -0.25) is 0 Å². The van der Waals surface area contributed by atoms with E-state index in [1.54, 1.807) is 9.75 Å². The summed E-state index contributed by atoms with van der Waals surface area (Å²) in [6.45, 7) is 0. The molecule has 4 aromatic rings. The topological polar surface area (TPSA) is 9.23 Å². The highest BCUT2D eigenvalue weighted by atomic mass is 32.1. The van der Waals surface area contributed by atoms with Gasteiger partial charge in [-0.25, -0.2) is 0 Å². The fourth-order valence-electron chi connectivity index (χ4n) is 5.50. The molecule has 2 heterocycles. The first-order chi connectivity index (χ1) is 15.3. The molecule has 2 aromatic carbocycles. The van der Waals surface area contributed by atoms with Gasteiger partial charge in [-0.1, -0.05) is 38.5 Å². The zero-order valence-electron chi connectivity index (χ0n) is 18.1. The first kappa shape index (κ1) is 19.8. The monoisotopic (exact) mass is 446 g/mol. The van der Waals surface area contributed by atoms with Gasteiger partial charge >= 0.3 is 0 Å². The quantitative estimate of drug-likeness (QED) is 0.303. The van der Waals surface area contributed by atoms with Gasteiger partial charge in [0.05, 0.1) is 0 Å². The van der Waals surface area contributed by atoms with Crippen LogP contribution in [-0.2, 0) is 0 Å². The summed E-state index contributed by atoms with van der Waals surface area (Å²) in [5.41, 5.74) is 0. The third kappa shape index (κ3) is 4.15. The second kappa shape index (κ2) is 8.60. The molecule has 0 bridgehead atoms. The van der Waals surface area contributed by atoms with Gasteiger partial charge in [0.1, 0.15) is 11.5 Å². The van der Waals surface area contributed by atoms with E-state index < -0.39 is 0 Å². The minimum Gasteiger partial charge on any atom is -0.457 e. The third-order valence-electron chi connectivity index (χ3n) is 7.27. The minimum absolute atomic E-state index is 0.773. The average molecular weight is 447 g/mol. The van der Waals surface area contributed by atoms with Crippen LogP contribution in [0.25, 0.3) is 20.2 Å². The molecule has 2 aliphatic rings. The van der Waals surface area contributed by atoms with Crippen molar-refractivity contribution in [3.63, 3.8) is 0 Å². The summed E-state index contributed by atoms with van der Waals surface area (Å²) >= 11 is 3.94. The van der Waals surface area contributed by atoms with Crippen LogP contribution in [-0.4, -0.2) is 0 Å². The molecule has 0 N–H and O–H groups in total. The Kier molecular flexibility index (Phi) is 5.49. The molecule has 0 radical (unpaired) electrons. The van der Waals surface area contributed by atoms with E-state index in [1.807, 2.05) is 22.7 Å². The van der Waals surface area contributed by atoms with Crippen LogP contribution in [0.4, 0.5) is 0 Å². The molecule has 0 saturated heterocycles. The molecule has 2 fully saturated rings. The van der Waals surface area contributed by atoms with Crippen LogP contribution in [0.15, 0.2) is 48.5 Å². The fraction of sp³-hybridized carbons (Fsp3) is 0.429. The number of hydrogen-bond acceptors (Lipinski definition) is 3. The summed E-state index contributed by atoms with van der Waals surface area (Å²) in [5.74, 6) is 3.45. The van der Waals surface area contributed by atoms with Crippen LogP contribution < -0.4 is 4.74 Å². The van der Waals surface area contributed by atoms with Crippen molar-refractivity contribution >= 4 is 42.8 Å². The molecular formula is C28H30OS2. The van der Waals surface area contributed by atoms with E-state index in [9.17, 15) is 0 Å². The summed E-state index contributed by atoms with van der Waals surface area (Å²) in [5, 5.41) is 2.73. The van der Waals surface area contributed by atoms with Gasteiger partial charge in [0.2, 0.25) is 0 Å². The Morgan fingerprint density at radius 3 is 1.45 bits per heavy atom. The highest BCUT2D eigenvalue weighted by Crippen LogP contribution is 2.42. The molecule has 0 unspecified atom stereocenters. The van der Waals surface area contributed by atoms with Crippen molar-refractivity contribution in [2.45, 2.75) is 76.0 Å². The van der Waals surface area contributed by atoms with Crippen LogP contribution >= 0.6 is 22.7 Å². The number of ether oxygens (including phenoxy) is 1. The van der Waals surface area contributed by atoms with E-state index >= 15 is 0 Å². The summed E-state index contributed by atoms with van der Waals surface area (Å²) in [6, 6.07) is 18.0. The predicted molar refractivity (Wildman–Crippen MR) is 135 cm³/mol. The van der Waals surface area contributed by atoms with Gasteiger partial charge in [0.15, 0.2) is 0 Å². The molecule has 2 aromatic heterocycles. The van der Waals surface area contributed by atoms with Crippen molar-refractivity contribution in [3.05, 3.63) is 58.3 Å². The fourth-order valence-corrected chi connectivity index (χ4v) is 8.03. The lowest BCUT2D eigenvalue weighted by molar-refractivity contribution is 0.448. The van der Waals surface area contributed by atoms with Gasteiger partial charge in [0.25, 0.3) is 0 Å². The van der Waals surface area contributed by atoms with Gasteiger partial charge in [-0.05, 0) is 96.8 Å². The minimum atomic E-state index is 0.773. The molecule has 0 atom stereocenters. The van der Waals surface area contributed by atoms with E-state index in [0.717, 1.165) is 23.3 Å². The number of thiophene rings is 2. The van der Waals surface area contributed by atoms with Gasteiger partial charge in [-0.15, -0.1) is 22.7 Å². The second-order valence-corrected chi connectivity index (χ2v) is 11.7. The molecule has 3 heteroatoms. The van der Waals surface area contributed by atoms with Gasteiger partial charge in [0, 0.05) is 19.2 Å². The summed E-state index contributed by atoms with van der Waals surface area (Å²) < 4.78 is 9.03. The van der Waals surface area contributed by atoms with E-state index in [-0.39, 0.29) is 0 Å². The van der Waals surface area contributed by atoms with Crippen molar-refractivity contribution < 1.29 is 4.74 Å². The number of fused-ring (bicyclic) bond motifs is 2. The van der Waals surface area contributed by atoms with Crippen molar-refractivity contribution in [1.82, 2.24) is 0 Å². The zero-order valence-corrected chi connectivity index (χ0v) is 19.7. The lowest BCUT2D eigenvalue weighted by Crippen LogP contribution is -2.01. The molecule has 0 amide bonds. The highest BCUT2D eigenvalue weighted by Gasteiger charge is 2.19. The lowest BCUT2D eigenvalue weighted by Gasteiger charge is -2.19. The summed E-state index contributed by atoms with van der Waals surface area (Å²) in [6.07, 6.45) is 13.8. The number of benzene rings is 2. The standard InChI is InChI=1S/C28H30OS2/c1-3-7-19(8-4-1)25-15-21-11-13-23(17-27(21)30-25)29-24-14-12-22-16-26(31-28(22)18-24)20-9-5-2-6-10-20/h11-20H,1-10H2. The molecule has 160 valence electrons. The Hall–Kier alpha value is -1.84. The maximum atomic E-state index is 6.32. The van der Waals surface area contributed by atoms with Crippen LogP contribution in [0.5, 0.6) is 11.5 Å². The largest absolute Gasteiger partial charge is 0.457 e. The second-order valence-electron chi connectivity index (χ2n) is 9.47.